The van der Waals surface area contributed by atoms with Gasteiger partial charge < -0.3 is 25.8 Å². The van der Waals surface area contributed by atoms with Crippen molar-refractivity contribution in [1.29, 1.82) is 5.26 Å². The highest BCUT2D eigenvalue weighted by molar-refractivity contribution is 7.80. The van der Waals surface area contributed by atoms with E-state index in [-0.39, 0.29) is 17.4 Å². The molecule has 0 unspecified atom stereocenters. The number of carboxylic acid groups (broad SMARTS) is 1. The van der Waals surface area contributed by atoms with Crippen molar-refractivity contribution in [2.45, 2.75) is 24.9 Å². The molecule has 0 saturated heterocycles. The van der Waals surface area contributed by atoms with Crippen LogP contribution in [0.5, 0.6) is 0 Å². The summed E-state index contributed by atoms with van der Waals surface area (Å²) in [5.74, 6) is -2.71. The molecule has 0 aliphatic rings. The van der Waals surface area contributed by atoms with Crippen LogP contribution in [0, 0.1) is 11.3 Å². The van der Waals surface area contributed by atoms with E-state index < -0.39 is 36.4 Å². The summed E-state index contributed by atoms with van der Waals surface area (Å²) in [6, 6.07) is 8.43. The summed E-state index contributed by atoms with van der Waals surface area (Å²) < 4.78 is 4.76. The minimum atomic E-state index is -1.28. The number of nitrogens with one attached hydrogen (secondary N) is 3. The molecule has 0 spiro atoms. The number of benzene rings is 1. The molecule has 0 saturated carbocycles. The lowest BCUT2D eigenvalue weighted by molar-refractivity contribution is -0.145. The van der Waals surface area contributed by atoms with E-state index in [1.165, 1.54) is 19.5 Å². The van der Waals surface area contributed by atoms with E-state index in [1.807, 2.05) is 6.07 Å². The van der Waals surface area contributed by atoms with Crippen molar-refractivity contribution in [2.24, 2.45) is 0 Å². The Kier molecular flexibility index (Phi) is 9.00. The van der Waals surface area contributed by atoms with Crippen LogP contribution in [0.15, 0.2) is 42.7 Å². The third-order valence-electron chi connectivity index (χ3n) is 4.10. The van der Waals surface area contributed by atoms with E-state index in [9.17, 15) is 19.5 Å². The largest absolute Gasteiger partial charge is 0.481 e. The van der Waals surface area contributed by atoms with Gasteiger partial charge in [0.1, 0.15) is 18.2 Å². The van der Waals surface area contributed by atoms with Crippen LogP contribution in [0.2, 0.25) is 0 Å². The monoisotopic (exact) mass is 456 g/mol. The highest BCUT2D eigenvalue weighted by Gasteiger charge is 2.28. The first-order valence-corrected chi connectivity index (χ1v) is 9.66. The van der Waals surface area contributed by atoms with Gasteiger partial charge in [-0.15, -0.1) is 0 Å². The number of carbonyl (C=O) groups is 3. The van der Waals surface area contributed by atoms with E-state index in [0.29, 0.717) is 5.69 Å². The average molecular weight is 456 g/mol. The Morgan fingerprint density at radius 1 is 1.16 bits per heavy atom. The minimum absolute atomic E-state index is 0.0372. The number of rotatable bonds is 9. The van der Waals surface area contributed by atoms with Gasteiger partial charge in [-0.05, 0) is 17.8 Å². The number of esters is 1. The van der Waals surface area contributed by atoms with E-state index in [2.05, 4.69) is 25.9 Å². The number of thiocarbonyl (C=S) groups is 1. The number of aromatic nitrogens is 2. The summed E-state index contributed by atoms with van der Waals surface area (Å²) in [6.07, 6.45) is 2.17. The second-order valence-corrected chi connectivity index (χ2v) is 6.84. The molecule has 1 amide bonds. The topological polar surface area (TPSA) is 166 Å². The Morgan fingerprint density at radius 2 is 1.81 bits per heavy atom. The molecule has 0 radical (unpaired) electrons. The maximum atomic E-state index is 12.8. The van der Waals surface area contributed by atoms with E-state index in [1.54, 1.807) is 30.3 Å². The molecule has 32 heavy (non-hydrogen) atoms. The number of carboxylic acids is 1. The lowest BCUT2D eigenvalue weighted by Crippen LogP contribution is -2.53. The van der Waals surface area contributed by atoms with Gasteiger partial charge >= 0.3 is 11.9 Å². The molecule has 2 rings (SSSR count). The smallest absolute Gasteiger partial charge is 0.328 e. The van der Waals surface area contributed by atoms with Gasteiger partial charge in [0.05, 0.1) is 31.6 Å². The van der Waals surface area contributed by atoms with Crippen LogP contribution in [0.4, 0.5) is 5.69 Å². The molecule has 2 aromatic rings. The first-order chi connectivity index (χ1) is 15.3. The van der Waals surface area contributed by atoms with Crippen molar-refractivity contribution in [3.8, 4) is 6.07 Å². The van der Waals surface area contributed by atoms with Crippen molar-refractivity contribution in [3.63, 3.8) is 0 Å². The first kappa shape index (κ1) is 24.2. The zero-order chi connectivity index (χ0) is 23.5. The standard InChI is InChI=1S/C20H20N6O5S/c1-31-19(30)15(7-12-5-3-2-4-6-12)25-18(29)14(8-17(27)28)26-20(32)24-13-10-22-16(9-21)23-11-13/h2-6,10-11,14-15H,7-8H2,1H3,(H,25,29)(H,27,28)(H2,24,26,32)/t14-,15-/m0/s1. The highest BCUT2D eigenvalue weighted by Crippen LogP contribution is 2.07. The average Bonchev–Trinajstić information content (AvgIpc) is 2.78. The Labute approximate surface area is 188 Å². The lowest BCUT2D eigenvalue weighted by Gasteiger charge is -2.22. The molecule has 11 nitrogen and oxygen atoms in total. The summed E-state index contributed by atoms with van der Waals surface area (Å²) >= 11 is 5.13. The Balaban J connectivity index is 2.08. The molecule has 0 aliphatic carbocycles. The first-order valence-electron chi connectivity index (χ1n) is 9.26. The molecule has 0 fully saturated rings. The number of nitriles is 1. The van der Waals surface area contributed by atoms with Crippen LogP contribution in [0.3, 0.4) is 0 Å². The maximum Gasteiger partial charge on any atom is 0.328 e. The quantitative estimate of drug-likeness (QED) is 0.304. The molecule has 1 aromatic carbocycles. The van der Waals surface area contributed by atoms with Crippen LogP contribution >= 0.6 is 12.2 Å². The summed E-state index contributed by atoms with van der Waals surface area (Å²) in [5, 5.41) is 25.7. The molecule has 1 aromatic heterocycles. The summed E-state index contributed by atoms with van der Waals surface area (Å²) in [5.41, 5.74) is 1.11. The van der Waals surface area contributed by atoms with Crippen LogP contribution in [-0.2, 0) is 25.5 Å². The predicted molar refractivity (Wildman–Crippen MR) is 116 cm³/mol. The minimum Gasteiger partial charge on any atom is -0.481 e. The van der Waals surface area contributed by atoms with Crippen molar-refractivity contribution in [1.82, 2.24) is 20.6 Å². The zero-order valence-electron chi connectivity index (χ0n) is 16.9. The van der Waals surface area contributed by atoms with Gasteiger partial charge in [0.2, 0.25) is 11.7 Å². The molecule has 4 N–H and O–H groups in total. The van der Waals surface area contributed by atoms with E-state index in [4.69, 9.17) is 22.2 Å². The van der Waals surface area contributed by atoms with Crippen LogP contribution < -0.4 is 16.0 Å². The lowest BCUT2D eigenvalue weighted by atomic mass is 10.1. The molecular weight excluding hydrogens is 436 g/mol. The normalized spacial score (nSPS) is 11.9. The molecule has 1 heterocycles. The van der Waals surface area contributed by atoms with Gasteiger partial charge in [-0.1, -0.05) is 30.3 Å². The van der Waals surface area contributed by atoms with Crippen molar-refractivity contribution in [2.75, 3.05) is 12.4 Å². The van der Waals surface area contributed by atoms with Crippen molar-refractivity contribution < 1.29 is 24.2 Å². The molecule has 12 heteroatoms. The SMILES string of the molecule is COC(=O)[C@H](Cc1ccccc1)NC(=O)[C@H](CC(=O)O)NC(=S)Nc1cnc(C#N)nc1. The number of aliphatic carboxylic acids is 1. The van der Waals surface area contributed by atoms with E-state index >= 15 is 0 Å². The maximum absolute atomic E-state index is 12.8. The van der Waals surface area contributed by atoms with Gasteiger partial charge in [-0.2, -0.15) is 5.26 Å². The summed E-state index contributed by atoms with van der Waals surface area (Å²) in [7, 11) is 1.19. The molecule has 0 bridgehead atoms. The fraction of sp³-hybridized carbons (Fsp3) is 0.250. The van der Waals surface area contributed by atoms with Gasteiger partial charge in [0, 0.05) is 6.42 Å². The third kappa shape index (κ3) is 7.62. The number of hydrogen-bond donors (Lipinski definition) is 4. The van der Waals surface area contributed by atoms with Gasteiger partial charge in [-0.25, -0.2) is 14.8 Å². The Hall–Kier alpha value is -4.11. The second kappa shape index (κ2) is 11.9. The van der Waals surface area contributed by atoms with Crippen molar-refractivity contribution >= 4 is 40.9 Å². The molecule has 0 aliphatic heterocycles. The number of hydrogen-bond acceptors (Lipinski definition) is 8. The Bertz CT molecular complexity index is 1010. The third-order valence-corrected chi connectivity index (χ3v) is 4.32. The fourth-order valence-electron chi connectivity index (χ4n) is 2.62. The number of carbonyl (C=O) groups excluding carboxylic acids is 2. The molecule has 166 valence electrons. The molecule has 2 atom stereocenters. The van der Waals surface area contributed by atoms with Gasteiger partial charge in [0.15, 0.2) is 5.11 Å². The number of ether oxygens (including phenoxy) is 1. The number of amides is 1. The highest BCUT2D eigenvalue weighted by atomic mass is 32.1. The zero-order valence-corrected chi connectivity index (χ0v) is 17.8. The molecular formula is C20H20N6O5S. The van der Waals surface area contributed by atoms with Crippen LogP contribution in [0.1, 0.15) is 17.8 Å². The fourth-order valence-corrected chi connectivity index (χ4v) is 2.88. The summed E-state index contributed by atoms with van der Waals surface area (Å²) in [4.78, 5) is 43.8. The number of anilines is 1. The number of nitrogens with zero attached hydrogens (tertiary/aromatic N) is 3. The second-order valence-electron chi connectivity index (χ2n) is 6.43. The van der Waals surface area contributed by atoms with Crippen LogP contribution in [0.25, 0.3) is 0 Å². The van der Waals surface area contributed by atoms with E-state index in [0.717, 1.165) is 5.56 Å². The van der Waals surface area contributed by atoms with Crippen LogP contribution in [-0.4, -0.2) is 57.2 Å². The van der Waals surface area contributed by atoms with Gasteiger partial charge in [0.25, 0.3) is 0 Å². The van der Waals surface area contributed by atoms with Gasteiger partial charge in [-0.3, -0.25) is 9.59 Å². The summed E-state index contributed by atoms with van der Waals surface area (Å²) in [6.45, 7) is 0. The number of methoxy groups -OCH3 is 1. The Morgan fingerprint density at radius 3 is 2.38 bits per heavy atom. The van der Waals surface area contributed by atoms with Crippen molar-refractivity contribution in [3.05, 3.63) is 54.1 Å². The predicted octanol–water partition coefficient (Wildman–Crippen LogP) is 0.378.